The average molecular weight is 343 g/mol. The first-order valence-corrected chi connectivity index (χ1v) is 7.92. The summed E-state index contributed by atoms with van der Waals surface area (Å²) >= 11 is 0. The standard InChI is InChI=1S/C9H13N3.C9H8O4/c1-2-9(8-11-3-1)12-6-4-10-5-7-12;1-5-2-3-6(8(10)11)4-7(5)9(12)13/h1-3,8,10H,4-7H2;2-4H,1H3,(H,10,11)(H,12,13). The molecule has 1 aliphatic rings. The number of piperazine rings is 1. The van der Waals surface area contributed by atoms with Crippen LogP contribution in [-0.2, 0) is 0 Å². The number of rotatable bonds is 3. The fraction of sp³-hybridized carbons (Fsp3) is 0.278. The lowest BCUT2D eigenvalue weighted by Crippen LogP contribution is -2.43. The second kappa shape index (κ2) is 8.79. The minimum absolute atomic E-state index is 0.0111. The van der Waals surface area contributed by atoms with E-state index >= 15 is 0 Å². The molecule has 2 aromatic rings. The third-order valence-electron chi connectivity index (χ3n) is 3.84. The molecule has 0 radical (unpaired) electrons. The quantitative estimate of drug-likeness (QED) is 0.782. The molecule has 1 fully saturated rings. The highest BCUT2D eigenvalue weighted by molar-refractivity contribution is 5.94. The Bertz CT molecular complexity index is 728. The average Bonchev–Trinajstić information content (AvgIpc) is 2.63. The van der Waals surface area contributed by atoms with Crippen LogP contribution in [0.1, 0.15) is 26.3 Å². The van der Waals surface area contributed by atoms with Crippen molar-refractivity contribution in [3.63, 3.8) is 0 Å². The number of benzene rings is 1. The zero-order valence-corrected chi connectivity index (χ0v) is 14.0. The Balaban J connectivity index is 0.000000181. The van der Waals surface area contributed by atoms with Gasteiger partial charge in [0.1, 0.15) is 0 Å². The summed E-state index contributed by atoms with van der Waals surface area (Å²) in [6.45, 7) is 5.95. The van der Waals surface area contributed by atoms with Crippen molar-refractivity contribution in [3.05, 3.63) is 59.4 Å². The fourth-order valence-corrected chi connectivity index (χ4v) is 2.45. The summed E-state index contributed by atoms with van der Waals surface area (Å²) in [5, 5.41) is 20.6. The van der Waals surface area contributed by atoms with Gasteiger partial charge in [-0.2, -0.15) is 0 Å². The van der Waals surface area contributed by atoms with Gasteiger partial charge < -0.3 is 20.4 Å². The van der Waals surface area contributed by atoms with E-state index in [4.69, 9.17) is 10.2 Å². The molecule has 3 N–H and O–H groups in total. The minimum Gasteiger partial charge on any atom is -0.478 e. The van der Waals surface area contributed by atoms with Gasteiger partial charge in [0.15, 0.2) is 0 Å². The van der Waals surface area contributed by atoms with E-state index in [1.165, 1.54) is 17.8 Å². The van der Waals surface area contributed by atoms with E-state index in [2.05, 4.69) is 21.3 Å². The molecule has 1 aromatic carbocycles. The highest BCUT2D eigenvalue weighted by Crippen LogP contribution is 2.12. The number of nitrogens with one attached hydrogen (secondary N) is 1. The lowest BCUT2D eigenvalue weighted by Gasteiger charge is -2.28. The van der Waals surface area contributed by atoms with Crippen molar-refractivity contribution in [2.75, 3.05) is 31.1 Å². The summed E-state index contributed by atoms with van der Waals surface area (Å²) in [6, 6.07) is 8.10. The maximum atomic E-state index is 10.6. The number of carbonyl (C=O) groups is 2. The number of hydrogen-bond acceptors (Lipinski definition) is 5. The summed E-state index contributed by atoms with van der Waals surface area (Å²) in [6.07, 6.45) is 3.73. The van der Waals surface area contributed by atoms with Crippen molar-refractivity contribution in [2.45, 2.75) is 6.92 Å². The van der Waals surface area contributed by atoms with Crippen LogP contribution in [0.3, 0.4) is 0 Å². The number of hydrogen-bond donors (Lipinski definition) is 3. The van der Waals surface area contributed by atoms with E-state index in [-0.39, 0.29) is 11.1 Å². The third-order valence-corrected chi connectivity index (χ3v) is 3.84. The SMILES string of the molecule is Cc1ccc(C(=O)O)cc1C(=O)O.c1cncc(N2CCNCC2)c1. The van der Waals surface area contributed by atoms with Gasteiger partial charge in [-0.05, 0) is 36.8 Å². The Morgan fingerprint density at radius 1 is 1.12 bits per heavy atom. The van der Waals surface area contributed by atoms with E-state index < -0.39 is 11.9 Å². The molecule has 7 nitrogen and oxygen atoms in total. The number of carboxylic acid groups (broad SMARTS) is 2. The van der Waals surface area contributed by atoms with E-state index in [1.54, 1.807) is 6.92 Å². The van der Waals surface area contributed by atoms with Crippen molar-refractivity contribution in [2.24, 2.45) is 0 Å². The Labute approximate surface area is 145 Å². The van der Waals surface area contributed by atoms with E-state index in [1.807, 2.05) is 18.5 Å². The van der Waals surface area contributed by atoms with Crippen LogP contribution in [0.2, 0.25) is 0 Å². The van der Waals surface area contributed by atoms with Gasteiger partial charge in [0, 0.05) is 32.4 Å². The lowest BCUT2D eigenvalue weighted by molar-refractivity contribution is 0.0695. The maximum Gasteiger partial charge on any atom is 0.335 e. The fourth-order valence-electron chi connectivity index (χ4n) is 2.45. The van der Waals surface area contributed by atoms with Gasteiger partial charge in [-0.15, -0.1) is 0 Å². The number of carboxylic acids is 2. The van der Waals surface area contributed by atoms with E-state index in [0.29, 0.717) is 5.56 Å². The Kier molecular flexibility index (Phi) is 6.47. The Morgan fingerprint density at radius 2 is 1.84 bits per heavy atom. The van der Waals surface area contributed by atoms with Crippen molar-refractivity contribution in [1.82, 2.24) is 10.3 Å². The van der Waals surface area contributed by atoms with Gasteiger partial charge in [-0.25, -0.2) is 9.59 Å². The first kappa shape index (κ1) is 18.4. The Morgan fingerprint density at radius 3 is 2.40 bits per heavy atom. The number of aryl methyl sites for hydroxylation is 1. The summed E-state index contributed by atoms with van der Waals surface area (Å²) < 4.78 is 0. The van der Waals surface area contributed by atoms with Crippen LogP contribution >= 0.6 is 0 Å². The largest absolute Gasteiger partial charge is 0.478 e. The molecule has 0 unspecified atom stereocenters. The number of aromatic nitrogens is 1. The zero-order valence-electron chi connectivity index (χ0n) is 14.0. The molecule has 132 valence electrons. The molecular formula is C18H21N3O4. The van der Waals surface area contributed by atoms with Gasteiger partial charge in [0.25, 0.3) is 0 Å². The van der Waals surface area contributed by atoms with E-state index in [0.717, 1.165) is 32.2 Å². The predicted molar refractivity (Wildman–Crippen MR) is 94.4 cm³/mol. The molecule has 1 aromatic heterocycles. The smallest absolute Gasteiger partial charge is 0.335 e. The summed E-state index contributed by atoms with van der Waals surface area (Å²) in [5.41, 5.74) is 1.81. The second-order valence-electron chi connectivity index (χ2n) is 5.59. The van der Waals surface area contributed by atoms with Crippen molar-refractivity contribution in [1.29, 1.82) is 0 Å². The number of anilines is 1. The van der Waals surface area contributed by atoms with Gasteiger partial charge in [0.2, 0.25) is 0 Å². The van der Waals surface area contributed by atoms with Crippen LogP contribution in [0.4, 0.5) is 5.69 Å². The number of nitrogens with zero attached hydrogens (tertiary/aromatic N) is 2. The Hall–Kier alpha value is -2.93. The van der Waals surface area contributed by atoms with Crippen LogP contribution in [-0.4, -0.2) is 53.3 Å². The van der Waals surface area contributed by atoms with Gasteiger partial charge >= 0.3 is 11.9 Å². The summed E-state index contributed by atoms with van der Waals surface area (Å²) in [7, 11) is 0. The summed E-state index contributed by atoms with van der Waals surface area (Å²) in [4.78, 5) is 27.5. The second-order valence-corrected chi connectivity index (χ2v) is 5.59. The first-order chi connectivity index (χ1) is 12.0. The van der Waals surface area contributed by atoms with Crippen LogP contribution in [0.15, 0.2) is 42.7 Å². The number of aromatic carboxylic acids is 2. The van der Waals surface area contributed by atoms with Crippen LogP contribution in [0.5, 0.6) is 0 Å². The molecule has 1 saturated heterocycles. The molecule has 7 heteroatoms. The molecule has 0 atom stereocenters. The minimum atomic E-state index is -1.12. The molecule has 25 heavy (non-hydrogen) atoms. The number of pyridine rings is 1. The molecule has 0 bridgehead atoms. The zero-order chi connectivity index (χ0) is 18.2. The topological polar surface area (TPSA) is 103 Å². The highest BCUT2D eigenvalue weighted by Gasteiger charge is 2.11. The van der Waals surface area contributed by atoms with Crippen molar-refractivity contribution in [3.8, 4) is 0 Å². The molecule has 0 aliphatic carbocycles. The monoisotopic (exact) mass is 343 g/mol. The normalized spacial score (nSPS) is 13.6. The van der Waals surface area contributed by atoms with Crippen LogP contribution < -0.4 is 10.2 Å². The molecule has 1 aliphatic heterocycles. The lowest BCUT2D eigenvalue weighted by atomic mass is 10.1. The molecular weight excluding hydrogens is 322 g/mol. The molecule has 0 spiro atoms. The van der Waals surface area contributed by atoms with E-state index in [9.17, 15) is 9.59 Å². The van der Waals surface area contributed by atoms with Gasteiger partial charge in [-0.1, -0.05) is 6.07 Å². The van der Waals surface area contributed by atoms with Crippen molar-refractivity contribution < 1.29 is 19.8 Å². The summed E-state index contributed by atoms with van der Waals surface area (Å²) in [5.74, 6) is -2.23. The van der Waals surface area contributed by atoms with Crippen molar-refractivity contribution >= 4 is 17.6 Å². The van der Waals surface area contributed by atoms with Gasteiger partial charge in [0.05, 0.1) is 23.0 Å². The third kappa shape index (κ3) is 5.29. The maximum absolute atomic E-state index is 10.6. The molecule has 0 saturated carbocycles. The first-order valence-electron chi connectivity index (χ1n) is 7.92. The highest BCUT2D eigenvalue weighted by atomic mass is 16.4. The van der Waals surface area contributed by atoms with Gasteiger partial charge in [-0.3, -0.25) is 4.98 Å². The molecule has 3 rings (SSSR count). The van der Waals surface area contributed by atoms with Crippen LogP contribution in [0, 0.1) is 6.92 Å². The molecule has 2 heterocycles. The molecule has 0 amide bonds. The van der Waals surface area contributed by atoms with Crippen LogP contribution in [0.25, 0.3) is 0 Å². The predicted octanol–water partition coefficient (Wildman–Crippen LogP) is 1.88.